The Morgan fingerprint density at radius 3 is 2.68 bits per heavy atom. The largest absolute Gasteiger partial charge is 0.321 e. The van der Waals surface area contributed by atoms with E-state index >= 15 is 0 Å². The quantitative estimate of drug-likeness (QED) is 0.715. The molecule has 1 N–H and O–H groups in total. The lowest BCUT2D eigenvalue weighted by atomic mass is 10.0. The molecule has 3 rings (SSSR count). The van der Waals surface area contributed by atoms with Crippen molar-refractivity contribution in [2.45, 2.75) is 0 Å². The number of carbonyl (C=O) groups excluding carboxylic acids is 1. The van der Waals surface area contributed by atoms with E-state index in [9.17, 15) is 4.79 Å². The van der Waals surface area contributed by atoms with Crippen LogP contribution < -0.4 is 5.32 Å². The molecule has 2 aromatic carbocycles. The molecule has 0 fully saturated rings. The Morgan fingerprint density at radius 1 is 1.05 bits per heavy atom. The number of carbonyl (C=O) groups is 1. The molecule has 0 radical (unpaired) electrons. The molecule has 94 valence electrons. The van der Waals surface area contributed by atoms with E-state index in [2.05, 4.69) is 37.2 Å². The van der Waals surface area contributed by atoms with Crippen LogP contribution in [0, 0.1) is 0 Å². The number of hydrogen-bond acceptors (Lipinski definition) is 1. The van der Waals surface area contributed by atoms with Crippen molar-refractivity contribution in [1.29, 1.82) is 0 Å². The van der Waals surface area contributed by atoms with Crippen LogP contribution in [0.3, 0.4) is 0 Å². The third-order valence-corrected chi connectivity index (χ3v) is 4.18. The summed E-state index contributed by atoms with van der Waals surface area (Å²) in [7, 11) is 0. The lowest BCUT2D eigenvalue weighted by Crippen LogP contribution is -2.03. The summed E-state index contributed by atoms with van der Waals surface area (Å²) in [5.74, 6) is -0.0620. The number of rotatable bonds is 1. The standard InChI is InChI=1S/C15H9Br2NO/c16-10-5-6-13(17)9(7-10)8-12-11-3-1-2-4-14(11)18-15(12)19/h1-8H,(H,18,19). The minimum Gasteiger partial charge on any atom is -0.321 e. The molecule has 0 atom stereocenters. The molecular formula is C15H9Br2NO. The molecule has 0 bridgehead atoms. The molecule has 0 aromatic heterocycles. The first-order valence-corrected chi connectivity index (χ1v) is 7.31. The van der Waals surface area contributed by atoms with Gasteiger partial charge in [-0.15, -0.1) is 0 Å². The third kappa shape index (κ3) is 2.38. The molecule has 4 heteroatoms. The van der Waals surface area contributed by atoms with Crippen LogP contribution in [-0.4, -0.2) is 5.91 Å². The lowest BCUT2D eigenvalue weighted by molar-refractivity contribution is -0.110. The van der Waals surface area contributed by atoms with Crippen LogP contribution in [0.15, 0.2) is 51.4 Å². The first-order valence-electron chi connectivity index (χ1n) is 5.72. The van der Waals surface area contributed by atoms with Gasteiger partial charge in [-0.25, -0.2) is 0 Å². The molecule has 2 aromatic rings. The van der Waals surface area contributed by atoms with Crippen molar-refractivity contribution in [3.05, 3.63) is 62.5 Å². The molecular weight excluding hydrogens is 370 g/mol. The van der Waals surface area contributed by atoms with Crippen molar-refractivity contribution in [3.8, 4) is 0 Å². The van der Waals surface area contributed by atoms with Crippen LogP contribution in [0.5, 0.6) is 0 Å². The molecule has 0 saturated carbocycles. The first kappa shape index (κ1) is 12.6. The van der Waals surface area contributed by atoms with Crippen molar-refractivity contribution in [3.63, 3.8) is 0 Å². The highest BCUT2D eigenvalue weighted by Gasteiger charge is 2.23. The summed E-state index contributed by atoms with van der Waals surface area (Å²) in [4.78, 5) is 12.0. The molecule has 19 heavy (non-hydrogen) atoms. The van der Waals surface area contributed by atoms with Crippen molar-refractivity contribution in [2.24, 2.45) is 0 Å². The summed E-state index contributed by atoms with van der Waals surface area (Å²) in [6, 6.07) is 13.6. The summed E-state index contributed by atoms with van der Waals surface area (Å²) in [5, 5.41) is 2.87. The summed E-state index contributed by atoms with van der Waals surface area (Å²) < 4.78 is 1.94. The number of nitrogens with one attached hydrogen (secondary N) is 1. The fourth-order valence-corrected chi connectivity index (χ4v) is 2.80. The molecule has 1 amide bonds. The predicted molar refractivity (Wildman–Crippen MR) is 84.8 cm³/mol. The Kier molecular flexibility index (Phi) is 3.29. The zero-order chi connectivity index (χ0) is 13.4. The zero-order valence-corrected chi connectivity index (χ0v) is 13.0. The topological polar surface area (TPSA) is 29.1 Å². The van der Waals surface area contributed by atoms with Gasteiger partial charge in [-0.2, -0.15) is 0 Å². The fourth-order valence-electron chi connectivity index (χ4n) is 2.06. The Morgan fingerprint density at radius 2 is 1.84 bits per heavy atom. The zero-order valence-electron chi connectivity index (χ0n) is 9.78. The van der Waals surface area contributed by atoms with Crippen LogP contribution in [0.25, 0.3) is 11.6 Å². The van der Waals surface area contributed by atoms with E-state index in [0.717, 1.165) is 25.8 Å². The van der Waals surface area contributed by atoms with Gasteiger partial charge in [0.15, 0.2) is 0 Å². The van der Waals surface area contributed by atoms with Gasteiger partial charge >= 0.3 is 0 Å². The van der Waals surface area contributed by atoms with Gasteiger partial charge in [0.05, 0.1) is 0 Å². The number of halogens is 2. The van der Waals surface area contributed by atoms with Crippen LogP contribution in [-0.2, 0) is 4.79 Å². The number of amides is 1. The highest BCUT2D eigenvalue weighted by atomic mass is 79.9. The minimum atomic E-state index is -0.0620. The fraction of sp³-hybridized carbons (Fsp3) is 0. The van der Waals surface area contributed by atoms with Crippen molar-refractivity contribution in [1.82, 2.24) is 0 Å². The number of fused-ring (bicyclic) bond motifs is 1. The van der Waals surface area contributed by atoms with Crippen LogP contribution in [0.4, 0.5) is 5.69 Å². The Bertz CT molecular complexity index is 707. The highest BCUT2D eigenvalue weighted by molar-refractivity contribution is 9.11. The van der Waals surface area contributed by atoms with E-state index in [1.54, 1.807) is 0 Å². The van der Waals surface area contributed by atoms with Gasteiger partial charge in [0.1, 0.15) is 0 Å². The van der Waals surface area contributed by atoms with Crippen LogP contribution in [0.2, 0.25) is 0 Å². The normalized spacial score (nSPS) is 15.5. The van der Waals surface area contributed by atoms with Gasteiger partial charge in [-0.05, 0) is 35.9 Å². The Balaban J connectivity index is 2.14. The lowest BCUT2D eigenvalue weighted by Gasteiger charge is -2.02. The summed E-state index contributed by atoms with van der Waals surface area (Å²) in [6.07, 6.45) is 1.90. The summed E-state index contributed by atoms with van der Waals surface area (Å²) >= 11 is 6.94. The van der Waals surface area contributed by atoms with Crippen molar-refractivity contribution >= 4 is 55.1 Å². The van der Waals surface area contributed by atoms with Gasteiger partial charge < -0.3 is 5.32 Å². The Hall–Kier alpha value is -1.39. The van der Waals surface area contributed by atoms with Crippen LogP contribution >= 0.6 is 31.9 Å². The van der Waals surface area contributed by atoms with Crippen LogP contribution in [0.1, 0.15) is 11.1 Å². The van der Waals surface area contributed by atoms with E-state index in [1.807, 2.05) is 48.5 Å². The molecule has 0 unspecified atom stereocenters. The smallest absolute Gasteiger partial charge is 0.256 e. The van der Waals surface area contributed by atoms with Gasteiger partial charge in [0, 0.05) is 25.8 Å². The van der Waals surface area contributed by atoms with E-state index in [1.165, 1.54) is 0 Å². The molecule has 1 heterocycles. The molecule has 1 aliphatic rings. The maximum absolute atomic E-state index is 12.0. The number of hydrogen-bond donors (Lipinski definition) is 1. The maximum atomic E-state index is 12.0. The van der Waals surface area contributed by atoms with Gasteiger partial charge in [-0.3, -0.25) is 4.79 Å². The number of benzene rings is 2. The second-order valence-electron chi connectivity index (χ2n) is 4.22. The van der Waals surface area contributed by atoms with E-state index in [0.29, 0.717) is 5.57 Å². The average Bonchev–Trinajstić information content (AvgIpc) is 2.71. The van der Waals surface area contributed by atoms with Crippen molar-refractivity contribution < 1.29 is 4.79 Å². The molecule has 1 aliphatic heterocycles. The summed E-state index contributed by atoms with van der Waals surface area (Å²) in [6.45, 7) is 0. The molecule has 0 spiro atoms. The highest BCUT2D eigenvalue weighted by Crippen LogP contribution is 2.34. The van der Waals surface area contributed by atoms with E-state index in [4.69, 9.17) is 0 Å². The molecule has 0 saturated heterocycles. The van der Waals surface area contributed by atoms with E-state index in [-0.39, 0.29) is 5.91 Å². The van der Waals surface area contributed by atoms with Gasteiger partial charge in [0.2, 0.25) is 0 Å². The second kappa shape index (κ2) is 4.94. The number of anilines is 1. The maximum Gasteiger partial charge on any atom is 0.256 e. The number of para-hydroxylation sites is 1. The second-order valence-corrected chi connectivity index (χ2v) is 5.99. The van der Waals surface area contributed by atoms with Gasteiger partial charge in [0.25, 0.3) is 5.91 Å². The first-order chi connectivity index (χ1) is 9.15. The predicted octanol–water partition coefficient (Wildman–Crippen LogP) is 4.70. The summed E-state index contributed by atoms with van der Waals surface area (Å²) in [5.41, 5.74) is 3.47. The van der Waals surface area contributed by atoms with E-state index < -0.39 is 0 Å². The average molecular weight is 379 g/mol. The monoisotopic (exact) mass is 377 g/mol. The minimum absolute atomic E-state index is 0.0620. The Labute approximate surface area is 127 Å². The van der Waals surface area contributed by atoms with Crippen molar-refractivity contribution in [2.75, 3.05) is 5.32 Å². The van der Waals surface area contributed by atoms with Gasteiger partial charge in [-0.1, -0.05) is 50.1 Å². The molecule has 0 aliphatic carbocycles. The SMILES string of the molecule is O=C1Nc2ccccc2C1=Cc1cc(Br)ccc1Br. The third-order valence-electron chi connectivity index (χ3n) is 2.97. The molecule has 2 nitrogen and oxygen atoms in total.